The molecular formula is C14H23ClN2O2. The molecule has 0 radical (unpaired) electrons. The maximum atomic E-state index is 11.5. The molecule has 1 aromatic carbocycles. The van der Waals surface area contributed by atoms with E-state index in [1.807, 2.05) is 32.0 Å². The Bertz CT molecular complexity index is 377. The van der Waals surface area contributed by atoms with Crippen LogP contribution in [0.15, 0.2) is 18.2 Å². The van der Waals surface area contributed by atoms with Crippen LogP contribution < -0.4 is 15.8 Å². The van der Waals surface area contributed by atoms with Gasteiger partial charge in [0.05, 0.1) is 0 Å². The number of amides is 1. The second-order valence-electron chi connectivity index (χ2n) is 4.36. The molecule has 1 amide bonds. The molecule has 0 spiro atoms. The van der Waals surface area contributed by atoms with Crippen LogP contribution in [0.3, 0.4) is 0 Å². The molecule has 1 aromatic rings. The summed E-state index contributed by atoms with van der Waals surface area (Å²) >= 11 is 0. The van der Waals surface area contributed by atoms with Gasteiger partial charge in [-0.25, -0.2) is 0 Å². The van der Waals surface area contributed by atoms with Crippen LogP contribution in [0.5, 0.6) is 5.75 Å². The molecule has 0 saturated heterocycles. The predicted molar refractivity (Wildman–Crippen MR) is 80.0 cm³/mol. The minimum atomic E-state index is -0.0883. The second kappa shape index (κ2) is 9.64. The largest absolute Gasteiger partial charge is 0.483 e. The highest BCUT2D eigenvalue weighted by molar-refractivity contribution is 5.85. The first-order chi connectivity index (χ1) is 8.65. The van der Waals surface area contributed by atoms with Crippen LogP contribution in [0.4, 0.5) is 0 Å². The summed E-state index contributed by atoms with van der Waals surface area (Å²) < 4.78 is 5.55. The van der Waals surface area contributed by atoms with Gasteiger partial charge in [-0.15, -0.1) is 12.4 Å². The van der Waals surface area contributed by atoms with Crippen LogP contribution in [-0.2, 0) is 4.79 Å². The number of nitrogens with one attached hydrogen (secondary N) is 1. The minimum Gasteiger partial charge on any atom is -0.483 e. The number of rotatable bonds is 7. The first-order valence-corrected chi connectivity index (χ1v) is 6.31. The van der Waals surface area contributed by atoms with Crippen molar-refractivity contribution in [2.75, 3.05) is 19.7 Å². The van der Waals surface area contributed by atoms with Gasteiger partial charge in [0.1, 0.15) is 5.75 Å². The van der Waals surface area contributed by atoms with Crippen molar-refractivity contribution in [3.8, 4) is 5.75 Å². The number of para-hydroxylation sites is 1. The molecule has 4 nitrogen and oxygen atoms in total. The van der Waals surface area contributed by atoms with Crippen molar-refractivity contribution in [3.63, 3.8) is 0 Å². The van der Waals surface area contributed by atoms with Gasteiger partial charge in [-0.2, -0.15) is 0 Å². The average molecular weight is 287 g/mol. The standard InChI is InChI=1S/C14H22N2O2.ClH/c1-11-6-5-7-12(2)14(11)18-10-13(17)16-9-4-3-8-15;/h5-7H,3-4,8-10,15H2,1-2H3,(H,16,17);1H. The van der Waals surface area contributed by atoms with E-state index in [-0.39, 0.29) is 24.9 Å². The number of carbonyl (C=O) groups is 1. The third kappa shape index (κ3) is 6.45. The summed E-state index contributed by atoms with van der Waals surface area (Å²) in [5, 5.41) is 2.81. The van der Waals surface area contributed by atoms with Crippen molar-refractivity contribution in [2.45, 2.75) is 26.7 Å². The normalized spacial score (nSPS) is 9.63. The maximum absolute atomic E-state index is 11.5. The molecule has 0 aromatic heterocycles. The van der Waals surface area contributed by atoms with Crippen molar-refractivity contribution >= 4 is 18.3 Å². The van der Waals surface area contributed by atoms with E-state index in [1.165, 1.54) is 0 Å². The van der Waals surface area contributed by atoms with Gasteiger partial charge in [-0.3, -0.25) is 4.79 Å². The lowest BCUT2D eigenvalue weighted by molar-refractivity contribution is -0.123. The van der Waals surface area contributed by atoms with Crippen LogP contribution in [0.2, 0.25) is 0 Å². The van der Waals surface area contributed by atoms with Crippen LogP contribution in [0, 0.1) is 13.8 Å². The quantitative estimate of drug-likeness (QED) is 0.753. The Hall–Kier alpha value is -1.26. The van der Waals surface area contributed by atoms with E-state index in [0.29, 0.717) is 13.1 Å². The molecule has 1 rings (SSSR count). The zero-order valence-electron chi connectivity index (χ0n) is 11.6. The molecule has 0 bridgehead atoms. The molecule has 108 valence electrons. The summed E-state index contributed by atoms with van der Waals surface area (Å²) in [6, 6.07) is 5.92. The fraction of sp³-hybridized carbons (Fsp3) is 0.500. The number of hydrogen-bond acceptors (Lipinski definition) is 3. The molecule has 19 heavy (non-hydrogen) atoms. The highest BCUT2D eigenvalue weighted by atomic mass is 35.5. The van der Waals surface area contributed by atoms with Crippen molar-refractivity contribution < 1.29 is 9.53 Å². The molecule has 0 fully saturated rings. The SMILES string of the molecule is Cc1cccc(C)c1OCC(=O)NCCCCN.Cl. The van der Waals surface area contributed by atoms with Gasteiger partial charge in [0.25, 0.3) is 5.91 Å². The summed E-state index contributed by atoms with van der Waals surface area (Å²) in [5.74, 6) is 0.712. The number of aryl methyl sites for hydroxylation is 2. The molecule has 0 aliphatic heterocycles. The Morgan fingerprint density at radius 2 is 1.89 bits per heavy atom. The topological polar surface area (TPSA) is 64.3 Å². The lowest BCUT2D eigenvalue weighted by atomic mass is 10.1. The van der Waals surface area contributed by atoms with E-state index in [2.05, 4.69) is 5.32 Å². The Balaban J connectivity index is 0.00000324. The van der Waals surface area contributed by atoms with Gasteiger partial charge in [-0.1, -0.05) is 18.2 Å². The Kier molecular flexibility index (Phi) is 9.00. The Morgan fingerprint density at radius 3 is 2.47 bits per heavy atom. The molecule has 3 N–H and O–H groups in total. The third-order valence-corrected chi connectivity index (χ3v) is 2.71. The highest BCUT2D eigenvalue weighted by Gasteiger charge is 2.06. The number of ether oxygens (including phenoxy) is 1. The highest BCUT2D eigenvalue weighted by Crippen LogP contribution is 2.21. The summed E-state index contributed by atoms with van der Waals surface area (Å²) in [6.45, 7) is 5.33. The lowest BCUT2D eigenvalue weighted by Gasteiger charge is -2.11. The molecule has 0 heterocycles. The zero-order chi connectivity index (χ0) is 13.4. The van der Waals surface area contributed by atoms with Gasteiger partial charge in [0, 0.05) is 6.54 Å². The van der Waals surface area contributed by atoms with Gasteiger partial charge in [0.15, 0.2) is 6.61 Å². The number of hydrogen-bond donors (Lipinski definition) is 2. The fourth-order valence-corrected chi connectivity index (χ4v) is 1.71. The van der Waals surface area contributed by atoms with Gasteiger partial charge in [-0.05, 0) is 44.4 Å². The molecule has 0 unspecified atom stereocenters. The number of halogens is 1. The van der Waals surface area contributed by atoms with Crippen molar-refractivity contribution in [2.24, 2.45) is 5.73 Å². The monoisotopic (exact) mass is 286 g/mol. The zero-order valence-corrected chi connectivity index (χ0v) is 12.4. The van der Waals surface area contributed by atoms with Crippen molar-refractivity contribution in [3.05, 3.63) is 29.3 Å². The van der Waals surface area contributed by atoms with Crippen LogP contribution in [-0.4, -0.2) is 25.6 Å². The number of benzene rings is 1. The summed E-state index contributed by atoms with van der Waals surface area (Å²) in [5.41, 5.74) is 7.47. The number of unbranched alkanes of at least 4 members (excludes halogenated alkanes) is 1. The van der Waals surface area contributed by atoms with E-state index in [1.54, 1.807) is 0 Å². The molecule has 0 aliphatic rings. The maximum Gasteiger partial charge on any atom is 0.257 e. The molecule has 0 atom stereocenters. The molecule has 5 heteroatoms. The van der Waals surface area contributed by atoms with Crippen LogP contribution in [0.1, 0.15) is 24.0 Å². The van der Waals surface area contributed by atoms with Crippen molar-refractivity contribution in [1.82, 2.24) is 5.32 Å². The molecular weight excluding hydrogens is 264 g/mol. The Morgan fingerprint density at radius 1 is 1.26 bits per heavy atom. The Labute approximate surface area is 121 Å². The minimum absolute atomic E-state index is 0. The summed E-state index contributed by atoms with van der Waals surface area (Å²) in [4.78, 5) is 11.5. The van der Waals surface area contributed by atoms with Gasteiger partial charge in [0.2, 0.25) is 0 Å². The molecule has 0 aliphatic carbocycles. The van der Waals surface area contributed by atoms with E-state index in [0.717, 1.165) is 29.7 Å². The van der Waals surface area contributed by atoms with E-state index >= 15 is 0 Å². The van der Waals surface area contributed by atoms with E-state index < -0.39 is 0 Å². The number of nitrogens with two attached hydrogens (primary N) is 1. The lowest BCUT2D eigenvalue weighted by Crippen LogP contribution is -2.30. The fourth-order valence-electron chi connectivity index (χ4n) is 1.71. The van der Waals surface area contributed by atoms with Gasteiger partial charge < -0.3 is 15.8 Å². The smallest absolute Gasteiger partial charge is 0.257 e. The van der Waals surface area contributed by atoms with Crippen molar-refractivity contribution in [1.29, 1.82) is 0 Å². The summed E-state index contributed by atoms with van der Waals surface area (Å²) in [6.07, 6.45) is 1.84. The third-order valence-electron chi connectivity index (χ3n) is 2.71. The predicted octanol–water partition coefficient (Wildman–Crippen LogP) is 1.96. The average Bonchev–Trinajstić information content (AvgIpc) is 2.34. The van der Waals surface area contributed by atoms with Crippen LogP contribution >= 0.6 is 12.4 Å². The van der Waals surface area contributed by atoms with E-state index in [4.69, 9.17) is 10.5 Å². The summed E-state index contributed by atoms with van der Waals surface area (Å²) in [7, 11) is 0. The first-order valence-electron chi connectivity index (χ1n) is 6.31. The number of carbonyl (C=O) groups excluding carboxylic acids is 1. The van der Waals surface area contributed by atoms with E-state index in [9.17, 15) is 4.79 Å². The first kappa shape index (κ1) is 17.7. The molecule has 0 saturated carbocycles. The van der Waals surface area contributed by atoms with Gasteiger partial charge >= 0.3 is 0 Å². The second-order valence-corrected chi connectivity index (χ2v) is 4.36. The van der Waals surface area contributed by atoms with Crippen LogP contribution in [0.25, 0.3) is 0 Å².